The van der Waals surface area contributed by atoms with E-state index in [1.165, 1.54) is 12.1 Å². The molecule has 1 aromatic carbocycles. The molecule has 0 aliphatic carbocycles. The fourth-order valence-corrected chi connectivity index (χ4v) is 4.81. The second-order valence-corrected chi connectivity index (χ2v) is 7.66. The first-order valence-electron chi connectivity index (χ1n) is 6.21. The van der Waals surface area contributed by atoms with Gasteiger partial charge in [-0.05, 0) is 32.4 Å². The maximum absolute atomic E-state index is 11.6. The Morgan fingerprint density at radius 2 is 1.89 bits per heavy atom. The van der Waals surface area contributed by atoms with Crippen molar-refractivity contribution in [1.82, 2.24) is 5.32 Å². The molecule has 1 heterocycles. The van der Waals surface area contributed by atoms with E-state index in [0.717, 1.165) is 0 Å². The van der Waals surface area contributed by atoms with Crippen molar-refractivity contribution in [2.45, 2.75) is 31.8 Å². The van der Waals surface area contributed by atoms with E-state index in [9.17, 15) is 18.6 Å². The van der Waals surface area contributed by atoms with Gasteiger partial charge in [0.05, 0.1) is 17.1 Å². The van der Waals surface area contributed by atoms with Crippen LogP contribution in [0.1, 0.15) is 31.9 Å². The third kappa shape index (κ3) is 3.01. The van der Waals surface area contributed by atoms with E-state index in [-0.39, 0.29) is 29.0 Å². The normalized spacial score (nSPS) is 27.3. The van der Waals surface area contributed by atoms with Crippen LogP contribution in [0.3, 0.4) is 0 Å². The highest BCUT2D eigenvalue weighted by molar-refractivity contribution is 7.91. The Morgan fingerprint density at radius 3 is 2.37 bits per heavy atom. The molecule has 6 heteroatoms. The number of nitrogens with one attached hydrogen (secondary N) is 1. The number of benzene rings is 1. The van der Waals surface area contributed by atoms with Crippen LogP contribution < -0.4 is 5.32 Å². The molecule has 3 N–H and O–H groups in total. The average Bonchev–Trinajstić information content (AvgIpc) is 2.52. The molecule has 19 heavy (non-hydrogen) atoms. The van der Waals surface area contributed by atoms with Crippen molar-refractivity contribution in [2.75, 3.05) is 11.5 Å². The summed E-state index contributed by atoms with van der Waals surface area (Å²) in [6.07, 6.45) is 0.536. The molecule has 0 radical (unpaired) electrons. The molecule has 0 saturated carbocycles. The zero-order valence-electron chi connectivity index (χ0n) is 11.0. The largest absolute Gasteiger partial charge is 0.507 e. The third-order valence-corrected chi connectivity index (χ3v) is 5.46. The molecule has 1 aliphatic heterocycles. The molecule has 2 rings (SSSR count). The second-order valence-electron chi connectivity index (χ2n) is 5.48. The molecule has 0 aromatic heterocycles. The van der Waals surface area contributed by atoms with Gasteiger partial charge in [-0.3, -0.25) is 0 Å². The molecule has 2 atom stereocenters. The van der Waals surface area contributed by atoms with Gasteiger partial charge in [0.1, 0.15) is 11.5 Å². The molecule has 5 nitrogen and oxygen atoms in total. The van der Waals surface area contributed by atoms with Crippen molar-refractivity contribution >= 4 is 9.84 Å². The standard InChI is InChI=1S/C13H19NO4S/c1-9(12-10(15)4-3-5-11(12)16)14-13(2)6-7-19(17,18)8-13/h3-5,9,14-16H,6-8H2,1-2H3. The first kappa shape index (κ1) is 14.1. The number of phenolic OH excluding ortho intramolecular Hbond substituents is 2. The predicted octanol–water partition coefficient (Wildman–Crippen LogP) is 1.33. The first-order chi connectivity index (χ1) is 8.72. The van der Waals surface area contributed by atoms with E-state index in [2.05, 4.69) is 5.32 Å². The summed E-state index contributed by atoms with van der Waals surface area (Å²) < 4.78 is 23.1. The lowest BCUT2D eigenvalue weighted by atomic mass is 9.97. The smallest absolute Gasteiger partial charge is 0.152 e. The lowest BCUT2D eigenvalue weighted by molar-refractivity contribution is 0.339. The number of hydrogen-bond acceptors (Lipinski definition) is 5. The number of phenols is 2. The summed E-state index contributed by atoms with van der Waals surface area (Å²) in [6, 6.07) is 4.23. The fraction of sp³-hybridized carbons (Fsp3) is 0.538. The first-order valence-corrected chi connectivity index (χ1v) is 8.04. The highest BCUT2D eigenvalue weighted by Gasteiger charge is 2.39. The van der Waals surface area contributed by atoms with E-state index in [1.54, 1.807) is 13.0 Å². The van der Waals surface area contributed by atoms with Crippen LogP contribution in [0.15, 0.2) is 18.2 Å². The Labute approximate surface area is 113 Å². The van der Waals surface area contributed by atoms with Crippen molar-refractivity contribution in [3.05, 3.63) is 23.8 Å². The van der Waals surface area contributed by atoms with Gasteiger partial charge in [-0.2, -0.15) is 0 Å². The summed E-state index contributed by atoms with van der Waals surface area (Å²) in [5.41, 5.74) is -0.125. The van der Waals surface area contributed by atoms with Crippen LogP contribution in [0.2, 0.25) is 0 Å². The van der Waals surface area contributed by atoms with Gasteiger partial charge in [0.15, 0.2) is 9.84 Å². The zero-order valence-corrected chi connectivity index (χ0v) is 11.9. The van der Waals surface area contributed by atoms with Gasteiger partial charge in [-0.15, -0.1) is 0 Å². The van der Waals surface area contributed by atoms with Crippen molar-refractivity contribution in [2.24, 2.45) is 0 Å². The van der Waals surface area contributed by atoms with Crippen LogP contribution in [0.4, 0.5) is 0 Å². The van der Waals surface area contributed by atoms with Crippen molar-refractivity contribution in [1.29, 1.82) is 0 Å². The predicted molar refractivity (Wildman–Crippen MR) is 73.0 cm³/mol. The van der Waals surface area contributed by atoms with Crippen LogP contribution in [0, 0.1) is 0 Å². The minimum Gasteiger partial charge on any atom is -0.507 e. The van der Waals surface area contributed by atoms with E-state index < -0.39 is 15.4 Å². The van der Waals surface area contributed by atoms with E-state index in [4.69, 9.17) is 0 Å². The van der Waals surface area contributed by atoms with Gasteiger partial charge in [-0.25, -0.2) is 8.42 Å². The second kappa shape index (κ2) is 4.68. The Bertz CT molecular complexity index is 564. The molecule has 0 bridgehead atoms. The molecule has 106 valence electrons. The summed E-state index contributed by atoms with van der Waals surface area (Å²) in [4.78, 5) is 0. The number of hydrogen-bond donors (Lipinski definition) is 3. The van der Waals surface area contributed by atoms with Gasteiger partial charge in [0, 0.05) is 11.6 Å². The summed E-state index contributed by atoms with van der Waals surface area (Å²) in [6.45, 7) is 3.65. The van der Waals surface area contributed by atoms with Crippen molar-refractivity contribution in [3.63, 3.8) is 0 Å². The van der Waals surface area contributed by atoms with Crippen LogP contribution in [-0.4, -0.2) is 35.7 Å². The molecule has 2 unspecified atom stereocenters. The maximum atomic E-state index is 11.6. The molecule has 1 aliphatic rings. The molecule has 1 fully saturated rings. The lowest BCUT2D eigenvalue weighted by Crippen LogP contribution is -2.44. The van der Waals surface area contributed by atoms with Crippen LogP contribution in [0.5, 0.6) is 11.5 Å². The van der Waals surface area contributed by atoms with Gasteiger partial charge < -0.3 is 15.5 Å². The zero-order chi connectivity index (χ0) is 14.3. The molecule has 0 amide bonds. The third-order valence-electron chi connectivity index (χ3n) is 3.56. The Balaban J connectivity index is 2.20. The average molecular weight is 285 g/mol. The Morgan fingerprint density at radius 1 is 1.32 bits per heavy atom. The topological polar surface area (TPSA) is 86.6 Å². The molecule has 1 saturated heterocycles. The minimum atomic E-state index is -2.99. The summed E-state index contributed by atoms with van der Waals surface area (Å²) in [5.74, 6) is 0.267. The Hall–Kier alpha value is -1.27. The van der Waals surface area contributed by atoms with Gasteiger partial charge in [-0.1, -0.05) is 6.07 Å². The monoisotopic (exact) mass is 285 g/mol. The van der Waals surface area contributed by atoms with Crippen LogP contribution >= 0.6 is 0 Å². The van der Waals surface area contributed by atoms with E-state index >= 15 is 0 Å². The SMILES string of the molecule is CC(NC1(C)CCS(=O)(=O)C1)c1c(O)cccc1O. The summed E-state index contributed by atoms with van der Waals surface area (Å²) in [7, 11) is -2.99. The highest BCUT2D eigenvalue weighted by atomic mass is 32.2. The molecular formula is C13H19NO4S. The number of rotatable bonds is 3. The Kier molecular flexibility index (Phi) is 3.49. The van der Waals surface area contributed by atoms with Crippen LogP contribution in [-0.2, 0) is 9.84 Å². The minimum absolute atomic E-state index is 0.00412. The summed E-state index contributed by atoms with van der Waals surface area (Å²) >= 11 is 0. The fourth-order valence-electron chi connectivity index (χ4n) is 2.70. The van der Waals surface area contributed by atoms with Crippen LogP contribution in [0.25, 0.3) is 0 Å². The van der Waals surface area contributed by atoms with Gasteiger partial charge >= 0.3 is 0 Å². The lowest BCUT2D eigenvalue weighted by Gasteiger charge is -2.29. The van der Waals surface area contributed by atoms with Crippen molar-refractivity contribution < 1.29 is 18.6 Å². The van der Waals surface area contributed by atoms with E-state index in [1.807, 2.05) is 6.92 Å². The van der Waals surface area contributed by atoms with E-state index in [0.29, 0.717) is 12.0 Å². The summed E-state index contributed by atoms with van der Waals surface area (Å²) in [5, 5.41) is 22.8. The number of sulfone groups is 1. The molecule has 0 spiro atoms. The number of aromatic hydroxyl groups is 2. The quantitative estimate of drug-likeness (QED) is 0.780. The molecule has 1 aromatic rings. The maximum Gasteiger partial charge on any atom is 0.152 e. The van der Waals surface area contributed by atoms with Crippen molar-refractivity contribution in [3.8, 4) is 11.5 Å². The van der Waals surface area contributed by atoms with Gasteiger partial charge in [0.25, 0.3) is 0 Å². The highest BCUT2D eigenvalue weighted by Crippen LogP contribution is 2.34. The van der Waals surface area contributed by atoms with Gasteiger partial charge in [0.2, 0.25) is 0 Å². The molecular weight excluding hydrogens is 266 g/mol.